The number of hydrogen-bond acceptors (Lipinski definition) is 6. The molecule has 7 nitrogen and oxygen atoms in total. The Morgan fingerprint density at radius 2 is 2.03 bits per heavy atom. The van der Waals surface area contributed by atoms with E-state index >= 15 is 0 Å². The highest BCUT2D eigenvalue weighted by atomic mass is 32.2. The SMILES string of the molecule is CCCc1cc(=O)[nH]c(SCC(=O)Nc2cc(C(F)(F)F)ccc2N2CCOCC2)n1. The van der Waals surface area contributed by atoms with Gasteiger partial charge < -0.3 is 19.9 Å². The summed E-state index contributed by atoms with van der Waals surface area (Å²) in [4.78, 5) is 33.0. The normalized spacial score (nSPS) is 14.5. The number of carbonyl (C=O) groups is 1. The number of halogens is 3. The van der Waals surface area contributed by atoms with Crippen molar-refractivity contribution in [3.63, 3.8) is 0 Å². The number of amides is 1. The van der Waals surface area contributed by atoms with Crippen molar-refractivity contribution in [2.24, 2.45) is 0 Å². The summed E-state index contributed by atoms with van der Waals surface area (Å²) in [7, 11) is 0. The van der Waals surface area contributed by atoms with E-state index in [1.165, 1.54) is 12.1 Å². The second-order valence-corrected chi connectivity index (χ2v) is 7.92. The maximum Gasteiger partial charge on any atom is 0.416 e. The molecule has 0 bridgehead atoms. The molecular formula is C20H23F3N4O3S. The van der Waals surface area contributed by atoms with Crippen molar-refractivity contribution in [1.29, 1.82) is 0 Å². The first-order valence-electron chi connectivity index (χ1n) is 9.83. The Hall–Kier alpha value is -2.53. The van der Waals surface area contributed by atoms with Gasteiger partial charge in [-0.1, -0.05) is 25.1 Å². The molecule has 168 valence electrons. The number of aromatic amines is 1. The molecule has 0 saturated carbocycles. The standard InChI is InChI=1S/C20H23F3N4O3S/c1-2-3-14-11-17(28)26-19(24-14)31-12-18(29)25-15-10-13(20(21,22)23)4-5-16(15)27-6-8-30-9-7-27/h4-5,10-11H,2-3,6-9,12H2,1H3,(H,25,29)(H,24,26,28). The minimum atomic E-state index is -4.53. The van der Waals surface area contributed by atoms with Gasteiger partial charge in [0.1, 0.15) is 0 Å². The van der Waals surface area contributed by atoms with Gasteiger partial charge in [-0.25, -0.2) is 4.98 Å². The van der Waals surface area contributed by atoms with Crippen LogP contribution in [0.15, 0.2) is 34.2 Å². The van der Waals surface area contributed by atoms with Crippen LogP contribution in [0.25, 0.3) is 0 Å². The van der Waals surface area contributed by atoms with Crippen molar-refractivity contribution >= 4 is 29.0 Å². The zero-order chi connectivity index (χ0) is 22.4. The number of aryl methyl sites for hydroxylation is 1. The Balaban J connectivity index is 1.75. The predicted octanol–water partition coefficient (Wildman–Crippen LogP) is 3.31. The van der Waals surface area contributed by atoms with Crippen molar-refractivity contribution in [3.8, 4) is 0 Å². The molecule has 31 heavy (non-hydrogen) atoms. The predicted molar refractivity (Wildman–Crippen MR) is 113 cm³/mol. The number of nitrogens with one attached hydrogen (secondary N) is 2. The van der Waals surface area contributed by atoms with Gasteiger partial charge in [-0.3, -0.25) is 9.59 Å². The van der Waals surface area contributed by atoms with Gasteiger partial charge in [-0.15, -0.1) is 0 Å². The second-order valence-electron chi connectivity index (χ2n) is 6.96. The summed E-state index contributed by atoms with van der Waals surface area (Å²) in [5.41, 5.74) is 0.0656. The number of H-pyrrole nitrogens is 1. The van der Waals surface area contributed by atoms with Crippen molar-refractivity contribution in [1.82, 2.24) is 9.97 Å². The Morgan fingerprint density at radius 1 is 1.29 bits per heavy atom. The molecule has 11 heteroatoms. The number of alkyl halides is 3. The van der Waals surface area contributed by atoms with Gasteiger partial charge in [0.15, 0.2) is 5.16 Å². The number of anilines is 2. The molecular weight excluding hydrogens is 433 g/mol. The summed E-state index contributed by atoms with van der Waals surface area (Å²) in [5, 5.41) is 2.88. The van der Waals surface area contributed by atoms with Gasteiger partial charge >= 0.3 is 6.18 Å². The van der Waals surface area contributed by atoms with E-state index < -0.39 is 17.6 Å². The summed E-state index contributed by atoms with van der Waals surface area (Å²) in [6.45, 7) is 3.90. The van der Waals surface area contributed by atoms with Gasteiger partial charge in [-0.2, -0.15) is 13.2 Å². The molecule has 1 saturated heterocycles. The highest BCUT2D eigenvalue weighted by molar-refractivity contribution is 7.99. The molecule has 0 atom stereocenters. The Kier molecular flexibility index (Phi) is 7.60. The summed E-state index contributed by atoms with van der Waals surface area (Å²) >= 11 is 1.02. The topological polar surface area (TPSA) is 87.3 Å². The van der Waals surface area contributed by atoms with Crippen LogP contribution < -0.4 is 15.8 Å². The number of aromatic nitrogens is 2. The number of hydrogen-bond donors (Lipinski definition) is 2. The largest absolute Gasteiger partial charge is 0.416 e. The fourth-order valence-electron chi connectivity index (χ4n) is 3.15. The molecule has 2 aromatic rings. The number of benzene rings is 1. The molecule has 2 heterocycles. The van der Waals surface area contributed by atoms with E-state index in [9.17, 15) is 22.8 Å². The van der Waals surface area contributed by atoms with Crippen molar-refractivity contribution in [2.75, 3.05) is 42.3 Å². The van der Waals surface area contributed by atoms with E-state index in [4.69, 9.17) is 4.74 Å². The number of morpholine rings is 1. The molecule has 1 aliphatic heterocycles. The first kappa shape index (κ1) is 23.1. The lowest BCUT2D eigenvalue weighted by Crippen LogP contribution is -2.37. The van der Waals surface area contributed by atoms with Crippen LogP contribution in [0.1, 0.15) is 24.6 Å². The third-order valence-electron chi connectivity index (χ3n) is 4.57. The minimum absolute atomic E-state index is 0.0866. The molecule has 3 rings (SSSR count). The van der Waals surface area contributed by atoms with E-state index in [1.807, 2.05) is 11.8 Å². The zero-order valence-electron chi connectivity index (χ0n) is 16.9. The number of thioether (sulfide) groups is 1. The van der Waals surface area contributed by atoms with Crippen LogP contribution >= 0.6 is 11.8 Å². The Bertz CT molecular complexity index is 975. The molecule has 0 aliphatic carbocycles. The van der Waals surface area contributed by atoms with E-state index in [1.54, 1.807) is 0 Å². The quantitative estimate of drug-likeness (QED) is 0.491. The van der Waals surface area contributed by atoms with Crippen molar-refractivity contribution < 1.29 is 22.7 Å². The monoisotopic (exact) mass is 456 g/mol. The maximum atomic E-state index is 13.2. The summed E-state index contributed by atoms with van der Waals surface area (Å²) in [6, 6.07) is 4.72. The third kappa shape index (κ3) is 6.47. The lowest BCUT2D eigenvalue weighted by molar-refractivity contribution is -0.137. The molecule has 0 unspecified atom stereocenters. The number of carbonyl (C=O) groups excluding carboxylic acids is 1. The van der Waals surface area contributed by atoms with Gasteiger partial charge in [0, 0.05) is 24.8 Å². The first-order valence-corrected chi connectivity index (χ1v) is 10.8. The van der Waals surface area contributed by atoms with Crippen LogP contribution in [0.3, 0.4) is 0 Å². The van der Waals surface area contributed by atoms with Crippen LogP contribution in [-0.4, -0.2) is 47.9 Å². The lowest BCUT2D eigenvalue weighted by atomic mass is 10.1. The van der Waals surface area contributed by atoms with Crippen LogP contribution in [0.5, 0.6) is 0 Å². The third-order valence-corrected chi connectivity index (χ3v) is 5.44. The molecule has 1 aliphatic rings. The van der Waals surface area contributed by atoms with Crippen molar-refractivity contribution in [2.45, 2.75) is 31.1 Å². The number of nitrogens with zero attached hydrogens (tertiary/aromatic N) is 2. The fraction of sp³-hybridized carbons (Fsp3) is 0.450. The molecule has 0 radical (unpaired) electrons. The zero-order valence-corrected chi connectivity index (χ0v) is 17.7. The highest BCUT2D eigenvalue weighted by Crippen LogP contribution is 2.36. The first-order chi connectivity index (χ1) is 14.8. The minimum Gasteiger partial charge on any atom is -0.378 e. The molecule has 1 amide bonds. The van der Waals surface area contributed by atoms with Crippen LogP contribution in [-0.2, 0) is 22.1 Å². The second kappa shape index (κ2) is 10.2. The van der Waals surface area contributed by atoms with Gasteiger partial charge in [0.25, 0.3) is 5.56 Å². The Morgan fingerprint density at radius 3 is 2.71 bits per heavy atom. The molecule has 2 N–H and O–H groups in total. The molecule has 1 aromatic heterocycles. The van der Waals surface area contributed by atoms with Gasteiger partial charge in [0.2, 0.25) is 5.91 Å². The van der Waals surface area contributed by atoms with Crippen LogP contribution in [0, 0.1) is 0 Å². The summed E-state index contributed by atoms with van der Waals surface area (Å²) in [6.07, 6.45) is -3.07. The number of ether oxygens (including phenoxy) is 1. The van der Waals surface area contributed by atoms with E-state index in [0.29, 0.717) is 49.3 Å². The smallest absolute Gasteiger partial charge is 0.378 e. The van der Waals surface area contributed by atoms with Crippen molar-refractivity contribution in [3.05, 3.63) is 45.9 Å². The average molecular weight is 456 g/mol. The average Bonchev–Trinajstić information content (AvgIpc) is 2.72. The number of rotatable bonds is 7. The molecule has 1 fully saturated rings. The molecule has 1 aromatic carbocycles. The Labute approximate surface area is 181 Å². The molecule has 0 spiro atoms. The van der Waals surface area contributed by atoms with Crippen LogP contribution in [0.2, 0.25) is 0 Å². The maximum absolute atomic E-state index is 13.2. The lowest BCUT2D eigenvalue weighted by Gasteiger charge is -2.31. The summed E-state index contributed by atoms with van der Waals surface area (Å²) in [5.74, 6) is -0.612. The fourth-order valence-corrected chi connectivity index (χ4v) is 3.84. The highest BCUT2D eigenvalue weighted by Gasteiger charge is 2.32. The van der Waals surface area contributed by atoms with E-state index in [2.05, 4.69) is 15.3 Å². The van der Waals surface area contributed by atoms with E-state index in [0.717, 1.165) is 30.3 Å². The van der Waals surface area contributed by atoms with Gasteiger partial charge in [0.05, 0.1) is 35.9 Å². The van der Waals surface area contributed by atoms with E-state index in [-0.39, 0.29) is 17.0 Å². The van der Waals surface area contributed by atoms with Crippen LogP contribution in [0.4, 0.5) is 24.5 Å². The summed E-state index contributed by atoms with van der Waals surface area (Å²) < 4.78 is 44.9. The van der Waals surface area contributed by atoms with Gasteiger partial charge in [-0.05, 0) is 24.6 Å².